The molecule has 0 saturated heterocycles. The number of hydrogen-bond acceptors (Lipinski definition) is 2. The Hall–Kier alpha value is -0.830. The van der Waals surface area contributed by atoms with Gasteiger partial charge in [-0.05, 0) is 11.6 Å². The molecule has 1 atom stereocenters. The van der Waals surface area contributed by atoms with Crippen molar-refractivity contribution in [3.05, 3.63) is 35.4 Å². The van der Waals surface area contributed by atoms with E-state index in [0.29, 0.717) is 10.9 Å². The van der Waals surface area contributed by atoms with E-state index in [0.717, 1.165) is 12.0 Å². The zero-order valence-electron chi connectivity index (χ0n) is 7.00. The molecule has 1 heterocycles. The van der Waals surface area contributed by atoms with Crippen LogP contribution in [0.15, 0.2) is 24.3 Å². The molecule has 1 aromatic carbocycles. The molecule has 68 valence electrons. The van der Waals surface area contributed by atoms with Crippen molar-refractivity contribution in [2.75, 3.05) is 5.33 Å². The van der Waals surface area contributed by atoms with Gasteiger partial charge in [-0.15, -0.1) is 0 Å². The number of alkyl halides is 1. The highest BCUT2D eigenvalue weighted by molar-refractivity contribution is 9.09. The van der Waals surface area contributed by atoms with Crippen molar-refractivity contribution in [2.24, 2.45) is 0 Å². The summed E-state index contributed by atoms with van der Waals surface area (Å²) in [7, 11) is 0. The highest BCUT2D eigenvalue weighted by Crippen LogP contribution is 2.20. The molecule has 0 amide bonds. The smallest absolute Gasteiger partial charge is 0.338 e. The van der Waals surface area contributed by atoms with Crippen LogP contribution in [-0.2, 0) is 11.2 Å². The summed E-state index contributed by atoms with van der Waals surface area (Å²) in [5.41, 5.74) is 1.79. The van der Waals surface area contributed by atoms with Gasteiger partial charge in [-0.1, -0.05) is 34.1 Å². The van der Waals surface area contributed by atoms with Gasteiger partial charge in [-0.3, -0.25) is 0 Å². The minimum atomic E-state index is -0.202. The van der Waals surface area contributed by atoms with Crippen LogP contribution in [-0.4, -0.2) is 17.4 Å². The molecule has 0 fully saturated rings. The fourth-order valence-corrected chi connectivity index (χ4v) is 1.85. The molecule has 13 heavy (non-hydrogen) atoms. The van der Waals surface area contributed by atoms with Gasteiger partial charge in [0.1, 0.15) is 6.10 Å². The summed E-state index contributed by atoms with van der Waals surface area (Å²) in [4.78, 5) is 11.4. The maximum atomic E-state index is 11.4. The van der Waals surface area contributed by atoms with E-state index in [1.54, 1.807) is 0 Å². The molecule has 0 aliphatic carbocycles. The van der Waals surface area contributed by atoms with Gasteiger partial charge < -0.3 is 4.74 Å². The first-order chi connectivity index (χ1) is 6.31. The second-order valence-corrected chi connectivity index (χ2v) is 3.69. The van der Waals surface area contributed by atoms with Crippen molar-refractivity contribution in [1.82, 2.24) is 0 Å². The molecule has 0 spiro atoms. The number of ether oxygens (including phenoxy) is 1. The number of carbonyl (C=O) groups excluding carboxylic acids is 1. The van der Waals surface area contributed by atoms with Crippen LogP contribution in [0.5, 0.6) is 0 Å². The second kappa shape index (κ2) is 3.50. The highest BCUT2D eigenvalue weighted by Gasteiger charge is 2.24. The van der Waals surface area contributed by atoms with Crippen molar-refractivity contribution in [2.45, 2.75) is 12.5 Å². The third-order valence-electron chi connectivity index (χ3n) is 2.13. The van der Waals surface area contributed by atoms with Crippen molar-refractivity contribution < 1.29 is 9.53 Å². The number of benzene rings is 1. The molecular weight excluding hydrogens is 232 g/mol. The van der Waals surface area contributed by atoms with E-state index < -0.39 is 0 Å². The Kier molecular flexibility index (Phi) is 2.36. The maximum absolute atomic E-state index is 11.4. The van der Waals surface area contributed by atoms with Crippen molar-refractivity contribution >= 4 is 21.9 Å². The lowest BCUT2D eigenvalue weighted by Gasteiger charge is -2.22. The monoisotopic (exact) mass is 240 g/mol. The van der Waals surface area contributed by atoms with E-state index in [-0.39, 0.29) is 12.1 Å². The fourth-order valence-electron chi connectivity index (χ4n) is 1.49. The minimum absolute atomic E-state index is 0.0117. The Morgan fingerprint density at radius 1 is 1.46 bits per heavy atom. The molecule has 3 heteroatoms. The lowest BCUT2D eigenvalue weighted by atomic mass is 10.00. The lowest BCUT2D eigenvalue weighted by Crippen LogP contribution is -2.28. The molecule has 0 N–H and O–H groups in total. The topological polar surface area (TPSA) is 26.3 Å². The summed E-state index contributed by atoms with van der Waals surface area (Å²) in [6.45, 7) is 0. The quantitative estimate of drug-likeness (QED) is 0.556. The van der Waals surface area contributed by atoms with Crippen LogP contribution in [0, 0.1) is 0 Å². The largest absolute Gasteiger partial charge is 0.458 e. The van der Waals surface area contributed by atoms with Gasteiger partial charge in [0.05, 0.1) is 5.56 Å². The van der Waals surface area contributed by atoms with Crippen LogP contribution in [0.25, 0.3) is 0 Å². The molecule has 0 bridgehead atoms. The Morgan fingerprint density at radius 3 is 3.00 bits per heavy atom. The van der Waals surface area contributed by atoms with Gasteiger partial charge in [-0.2, -0.15) is 0 Å². The third-order valence-corrected chi connectivity index (χ3v) is 2.85. The SMILES string of the molecule is O=C1O[C@@H](CBr)Cc2ccccc21. The number of esters is 1. The number of rotatable bonds is 1. The summed E-state index contributed by atoms with van der Waals surface area (Å²) >= 11 is 3.31. The van der Waals surface area contributed by atoms with Crippen molar-refractivity contribution in [1.29, 1.82) is 0 Å². The molecule has 1 aliphatic rings. The molecule has 1 aliphatic heterocycles. The second-order valence-electron chi connectivity index (χ2n) is 3.04. The van der Waals surface area contributed by atoms with E-state index in [1.165, 1.54) is 0 Å². The molecule has 2 nitrogen and oxygen atoms in total. The first-order valence-corrected chi connectivity index (χ1v) is 5.28. The minimum Gasteiger partial charge on any atom is -0.458 e. The number of cyclic esters (lactones) is 1. The van der Waals surface area contributed by atoms with Gasteiger partial charge in [0.25, 0.3) is 0 Å². The zero-order valence-corrected chi connectivity index (χ0v) is 8.58. The van der Waals surface area contributed by atoms with Gasteiger partial charge >= 0.3 is 5.97 Å². The Balaban J connectivity index is 2.37. The third kappa shape index (κ3) is 1.61. The van der Waals surface area contributed by atoms with Crippen LogP contribution in [0.3, 0.4) is 0 Å². The van der Waals surface area contributed by atoms with Crippen LogP contribution in [0.1, 0.15) is 15.9 Å². The summed E-state index contributed by atoms with van der Waals surface area (Å²) in [5.74, 6) is -0.202. The van der Waals surface area contributed by atoms with Gasteiger partial charge in [-0.25, -0.2) is 4.79 Å². The summed E-state index contributed by atoms with van der Waals surface area (Å²) < 4.78 is 5.18. The molecule has 0 unspecified atom stereocenters. The maximum Gasteiger partial charge on any atom is 0.338 e. The normalized spacial score (nSPS) is 20.7. The molecule has 0 saturated carbocycles. The predicted octanol–water partition coefficient (Wildman–Crippen LogP) is 2.16. The molecule has 0 aromatic heterocycles. The van der Waals surface area contributed by atoms with Gasteiger partial charge in [0.2, 0.25) is 0 Å². The zero-order chi connectivity index (χ0) is 9.26. The molecule has 2 rings (SSSR count). The molecule has 0 radical (unpaired) electrons. The standard InChI is InChI=1S/C10H9BrO2/c11-6-8-5-7-3-1-2-4-9(7)10(12)13-8/h1-4,8H,5-6H2/t8-/m1/s1. The van der Waals surface area contributed by atoms with E-state index in [9.17, 15) is 4.79 Å². The highest BCUT2D eigenvalue weighted by atomic mass is 79.9. The molecule has 1 aromatic rings. The van der Waals surface area contributed by atoms with E-state index >= 15 is 0 Å². The van der Waals surface area contributed by atoms with Gasteiger partial charge in [0.15, 0.2) is 0 Å². The average Bonchev–Trinajstić information content (AvgIpc) is 2.18. The van der Waals surface area contributed by atoms with Crippen molar-refractivity contribution in [3.8, 4) is 0 Å². The lowest BCUT2D eigenvalue weighted by molar-refractivity contribution is 0.0313. The van der Waals surface area contributed by atoms with E-state index in [1.807, 2.05) is 24.3 Å². The summed E-state index contributed by atoms with van der Waals surface area (Å²) in [6, 6.07) is 7.59. The van der Waals surface area contributed by atoms with Gasteiger partial charge in [0, 0.05) is 11.8 Å². The molecular formula is C10H9BrO2. The van der Waals surface area contributed by atoms with Crippen LogP contribution < -0.4 is 0 Å². The Labute approximate surface area is 85.0 Å². The van der Waals surface area contributed by atoms with Crippen molar-refractivity contribution in [3.63, 3.8) is 0 Å². The number of carbonyl (C=O) groups is 1. The van der Waals surface area contributed by atoms with Crippen LogP contribution in [0.4, 0.5) is 0 Å². The average molecular weight is 241 g/mol. The van der Waals surface area contributed by atoms with E-state index in [2.05, 4.69) is 15.9 Å². The number of fused-ring (bicyclic) bond motifs is 1. The fraction of sp³-hybridized carbons (Fsp3) is 0.300. The number of hydrogen-bond donors (Lipinski definition) is 0. The summed E-state index contributed by atoms with van der Waals surface area (Å²) in [5, 5.41) is 0.701. The van der Waals surface area contributed by atoms with Crippen LogP contribution >= 0.6 is 15.9 Å². The number of halogens is 1. The Morgan fingerprint density at radius 2 is 2.23 bits per heavy atom. The van der Waals surface area contributed by atoms with Crippen LogP contribution in [0.2, 0.25) is 0 Å². The van der Waals surface area contributed by atoms with E-state index in [4.69, 9.17) is 4.74 Å². The first-order valence-electron chi connectivity index (χ1n) is 4.16. The first kappa shape index (κ1) is 8.75. The predicted molar refractivity (Wildman–Crippen MR) is 53.1 cm³/mol. The Bertz CT molecular complexity index is 335. The summed E-state index contributed by atoms with van der Waals surface area (Å²) in [6.07, 6.45) is 0.801.